The number of ether oxygens (including phenoxy) is 1. The van der Waals surface area contributed by atoms with Crippen LogP contribution in [0.15, 0.2) is 0 Å². The van der Waals surface area contributed by atoms with E-state index in [2.05, 4.69) is 17.5 Å². The van der Waals surface area contributed by atoms with Crippen LogP contribution in [0.1, 0.15) is 13.3 Å². The van der Waals surface area contributed by atoms with Gasteiger partial charge in [-0.2, -0.15) is 12.6 Å². The highest BCUT2D eigenvalue weighted by molar-refractivity contribution is 7.80. The van der Waals surface area contributed by atoms with Crippen LogP contribution in [-0.2, 0) is 9.53 Å². The minimum absolute atomic E-state index is 0.0574. The third-order valence-electron chi connectivity index (χ3n) is 2.21. The highest BCUT2D eigenvalue weighted by Crippen LogP contribution is 2.18. The maximum absolute atomic E-state index is 11.1. The van der Waals surface area contributed by atoms with Gasteiger partial charge in [0.1, 0.15) is 0 Å². The molecule has 0 saturated carbocycles. The highest BCUT2D eigenvalue weighted by atomic mass is 32.1. The molecule has 1 rings (SSSR count). The molecule has 0 aromatic rings. The van der Waals surface area contributed by atoms with E-state index in [4.69, 9.17) is 4.74 Å². The maximum atomic E-state index is 11.1. The standard InChI is InChI=1S/C9H17NO2S/c1-2-12-9(11)5-8-6-10(7-8)3-4-13/h8,13H,2-7H2,1H3. The molecule has 3 nitrogen and oxygen atoms in total. The number of esters is 1. The number of thiol groups is 1. The van der Waals surface area contributed by atoms with Gasteiger partial charge >= 0.3 is 5.97 Å². The molecule has 1 aliphatic heterocycles. The Morgan fingerprint density at radius 1 is 1.62 bits per heavy atom. The molecule has 0 N–H and O–H groups in total. The molecule has 1 fully saturated rings. The first-order chi connectivity index (χ1) is 6.26. The Morgan fingerprint density at radius 3 is 2.85 bits per heavy atom. The van der Waals surface area contributed by atoms with E-state index in [-0.39, 0.29) is 5.97 Å². The summed E-state index contributed by atoms with van der Waals surface area (Å²) in [5.41, 5.74) is 0. The molecule has 0 aliphatic carbocycles. The van der Waals surface area contributed by atoms with Crippen molar-refractivity contribution in [1.82, 2.24) is 4.90 Å². The first kappa shape index (κ1) is 10.9. The molecule has 0 aromatic heterocycles. The van der Waals surface area contributed by atoms with Crippen molar-refractivity contribution in [3.05, 3.63) is 0 Å². The zero-order valence-electron chi connectivity index (χ0n) is 8.03. The van der Waals surface area contributed by atoms with Crippen molar-refractivity contribution >= 4 is 18.6 Å². The summed E-state index contributed by atoms with van der Waals surface area (Å²) in [5, 5.41) is 0. The molecule has 0 bridgehead atoms. The monoisotopic (exact) mass is 203 g/mol. The normalized spacial score (nSPS) is 18.3. The lowest BCUT2D eigenvalue weighted by molar-refractivity contribution is -0.145. The molecular weight excluding hydrogens is 186 g/mol. The Labute approximate surface area is 84.8 Å². The summed E-state index contributed by atoms with van der Waals surface area (Å²) in [7, 11) is 0. The van der Waals surface area contributed by atoms with E-state index in [1.54, 1.807) is 0 Å². The van der Waals surface area contributed by atoms with Gasteiger partial charge in [0.25, 0.3) is 0 Å². The Bertz CT molecular complexity index is 169. The van der Waals surface area contributed by atoms with E-state index in [1.807, 2.05) is 6.92 Å². The van der Waals surface area contributed by atoms with E-state index < -0.39 is 0 Å². The van der Waals surface area contributed by atoms with Gasteiger partial charge in [0.05, 0.1) is 13.0 Å². The van der Waals surface area contributed by atoms with Gasteiger partial charge in [-0.3, -0.25) is 4.79 Å². The third kappa shape index (κ3) is 3.56. The van der Waals surface area contributed by atoms with Crippen LogP contribution in [0.3, 0.4) is 0 Å². The molecule has 0 spiro atoms. The third-order valence-corrected chi connectivity index (χ3v) is 2.41. The van der Waals surface area contributed by atoms with Crippen molar-refractivity contribution in [1.29, 1.82) is 0 Å². The topological polar surface area (TPSA) is 29.5 Å². The SMILES string of the molecule is CCOC(=O)CC1CN(CCS)C1. The minimum Gasteiger partial charge on any atom is -0.466 e. The fourth-order valence-corrected chi connectivity index (χ4v) is 1.87. The summed E-state index contributed by atoms with van der Waals surface area (Å²) in [5.74, 6) is 1.35. The average Bonchev–Trinajstić information content (AvgIpc) is 2.01. The van der Waals surface area contributed by atoms with Crippen molar-refractivity contribution in [2.24, 2.45) is 5.92 Å². The first-order valence-electron chi connectivity index (χ1n) is 4.75. The van der Waals surface area contributed by atoms with Crippen LogP contribution in [0, 0.1) is 5.92 Å². The van der Waals surface area contributed by atoms with E-state index in [1.165, 1.54) is 0 Å². The summed E-state index contributed by atoms with van der Waals surface area (Å²) in [6.07, 6.45) is 0.580. The fraction of sp³-hybridized carbons (Fsp3) is 0.889. The van der Waals surface area contributed by atoms with Crippen molar-refractivity contribution in [2.45, 2.75) is 13.3 Å². The van der Waals surface area contributed by atoms with Gasteiger partial charge in [-0.25, -0.2) is 0 Å². The molecule has 0 amide bonds. The summed E-state index contributed by atoms with van der Waals surface area (Å²) in [6.45, 7) is 5.42. The Morgan fingerprint density at radius 2 is 2.31 bits per heavy atom. The zero-order chi connectivity index (χ0) is 9.68. The Balaban J connectivity index is 2.04. The van der Waals surface area contributed by atoms with Crippen molar-refractivity contribution in [2.75, 3.05) is 32.0 Å². The molecule has 1 saturated heterocycles. The summed E-state index contributed by atoms with van der Waals surface area (Å²) >= 11 is 4.15. The first-order valence-corrected chi connectivity index (χ1v) is 5.38. The van der Waals surface area contributed by atoms with E-state index in [0.717, 1.165) is 25.4 Å². The lowest BCUT2D eigenvalue weighted by Crippen LogP contribution is -2.48. The highest BCUT2D eigenvalue weighted by Gasteiger charge is 2.27. The van der Waals surface area contributed by atoms with Crippen LogP contribution in [-0.4, -0.2) is 42.9 Å². The maximum Gasteiger partial charge on any atom is 0.306 e. The minimum atomic E-state index is -0.0574. The van der Waals surface area contributed by atoms with Gasteiger partial charge in [0, 0.05) is 25.4 Å². The quantitative estimate of drug-likeness (QED) is 0.529. The number of carbonyl (C=O) groups excluding carboxylic acids is 1. The van der Waals surface area contributed by atoms with E-state index in [0.29, 0.717) is 18.9 Å². The Kier molecular flexibility index (Phi) is 4.59. The molecule has 0 atom stereocenters. The molecule has 4 heteroatoms. The van der Waals surface area contributed by atoms with Crippen molar-refractivity contribution in [3.8, 4) is 0 Å². The number of rotatable bonds is 5. The summed E-state index contributed by atoms with van der Waals surface area (Å²) < 4.78 is 4.87. The number of nitrogens with zero attached hydrogens (tertiary/aromatic N) is 1. The Hall–Kier alpha value is -0.220. The fourth-order valence-electron chi connectivity index (χ4n) is 1.59. The predicted molar refractivity (Wildman–Crippen MR) is 55.0 cm³/mol. The smallest absolute Gasteiger partial charge is 0.306 e. The lowest BCUT2D eigenvalue weighted by Gasteiger charge is -2.38. The van der Waals surface area contributed by atoms with Crippen LogP contribution < -0.4 is 0 Å². The van der Waals surface area contributed by atoms with Crippen molar-refractivity contribution in [3.63, 3.8) is 0 Å². The molecular formula is C9H17NO2S. The van der Waals surface area contributed by atoms with Crippen LogP contribution in [0.2, 0.25) is 0 Å². The molecule has 0 radical (unpaired) electrons. The largest absolute Gasteiger partial charge is 0.466 e. The lowest BCUT2D eigenvalue weighted by atomic mass is 9.97. The molecule has 13 heavy (non-hydrogen) atoms. The van der Waals surface area contributed by atoms with Crippen LogP contribution in [0.5, 0.6) is 0 Å². The van der Waals surface area contributed by atoms with Gasteiger partial charge in [0.2, 0.25) is 0 Å². The van der Waals surface area contributed by atoms with Gasteiger partial charge in [-0.15, -0.1) is 0 Å². The van der Waals surface area contributed by atoms with Crippen molar-refractivity contribution < 1.29 is 9.53 Å². The number of likely N-dealkylation sites (tertiary alicyclic amines) is 1. The molecule has 1 aliphatic rings. The second-order valence-electron chi connectivity index (χ2n) is 3.36. The van der Waals surface area contributed by atoms with Crippen LogP contribution >= 0.6 is 12.6 Å². The van der Waals surface area contributed by atoms with Crippen LogP contribution in [0.4, 0.5) is 0 Å². The number of hydrogen-bond donors (Lipinski definition) is 1. The predicted octanol–water partition coefficient (Wildman–Crippen LogP) is 0.801. The van der Waals surface area contributed by atoms with Gasteiger partial charge < -0.3 is 9.64 Å². The second kappa shape index (κ2) is 5.50. The van der Waals surface area contributed by atoms with Crippen LogP contribution in [0.25, 0.3) is 0 Å². The van der Waals surface area contributed by atoms with Gasteiger partial charge in [0.15, 0.2) is 0 Å². The van der Waals surface area contributed by atoms with Gasteiger partial charge in [-0.1, -0.05) is 0 Å². The average molecular weight is 203 g/mol. The molecule has 0 aromatic carbocycles. The number of carbonyl (C=O) groups is 1. The number of hydrogen-bond acceptors (Lipinski definition) is 4. The molecule has 0 unspecified atom stereocenters. The summed E-state index contributed by atoms with van der Waals surface area (Å²) in [4.78, 5) is 13.4. The van der Waals surface area contributed by atoms with E-state index >= 15 is 0 Å². The molecule has 1 heterocycles. The summed E-state index contributed by atoms with van der Waals surface area (Å²) in [6, 6.07) is 0. The second-order valence-corrected chi connectivity index (χ2v) is 3.81. The van der Waals surface area contributed by atoms with E-state index in [9.17, 15) is 4.79 Å². The zero-order valence-corrected chi connectivity index (χ0v) is 8.93. The van der Waals surface area contributed by atoms with Gasteiger partial charge in [-0.05, 0) is 12.8 Å². The molecule has 76 valence electrons.